The van der Waals surface area contributed by atoms with E-state index in [9.17, 15) is 0 Å². The van der Waals surface area contributed by atoms with Crippen LogP contribution in [0.5, 0.6) is 5.88 Å². The molecular formula is C12H17N5O2. The Kier molecular flexibility index (Phi) is 2.98. The molecule has 7 nitrogen and oxygen atoms in total. The smallest absolute Gasteiger partial charge is 0.245 e. The van der Waals surface area contributed by atoms with Crippen LogP contribution in [0.25, 0.3) is 11.2 Å². The normalized spacial score (nSPS) is 22.4. The molecule has 1 aliphatic rings. The molecule has 1 saturated carbocycles. The summed E-state index contributed by atoms with van der Waals surface area (Å²) < 4.78 is 12.7. The molecular weight excluding hydrogens is 246 g/mol. The summed E-state index contributed by atoms with van der Waals surface area (Å²) in [6.45, 7) is 2.75. The zero-order chi connectivity index (χ0) is 13.4. The first-order chi connectivity index (χ1) is 9.24. The fourth-order valence-electron chi connectivity index (χ4n) is 2.53. The number of nitrogens with zero attached hydrogens (tertiary/aromatic N) is 4. The lowest BCUT2D eigenvalue weighted by Crippen LogP contribution is -2.34. The van der Waals surface area contributed by atoms with Gasteiger partial charge in [0.05, 0.1) is 13.2 Å². The van der Waals surface area contributed by atoms with E-state index in [1.165, 1.54) is 6.33 Å². The minimum Gasteiger partial charge on any atom is -0.479 e. The average molecular weight is 263 g/mol. The molecule has 0 aromatic carbocycles. The lowest BCUT2D eigenvalue weighted by molar-refractivity contribution is -0.0183. The van der Waals surface area contributed by atoms with Gasteiger partial charge in [-0.25, -0.2) is 9.97 Å². The zero-order valence-corrected chi connectivity index (χ0v) is 11.0. The van der Waals surface area contributed by atoms with Gasteiger partial charge in [-0.1, -0.05) is 0 Å². The first kappa shape index (κ1) is 12.2. The van der Waals surface area contributed by atoms with Crippen LogP contribution in [0.15, 0.2) is 6.33 Å². The minimum atomic E-state index is 0.293. The van der Waals surface area contributed by atoms with E-state index in [1.807, 2.05) is 11.5 Å². The van der Waals surface area contributed by atoms with Gasteiger partial charge in [0.2, 0.25) is 11.8 Å². The molecule has 0 radical (unpaired) electrons. The molecule has 1 aliphatic carbocycles. The summed E-state index contributed by atoms with van der Waals surface area (Å²) in [6, 6.07) is 0.293. The van der Waals surface area contributed by atoms with Crippen LogP contribution >= 0.6 is 0 Å². The van der Waals surface area contributed by atoms with Crippen LogP contribution in [0.1, 0.15) is 25.8 Å². The Morgan fingerprint density at radius 1 is 1.42 bits per heavy atom. The second-order valence-corrected chi connectivity index (χ2v) is 4.60. The molecule has 0 aliphatic heterocycles. The SMILES string of the molecule is CCOC1CC(n2c(N)nc3c(OC)ncnc32)C1. The van der Waals surface area contributed by atoms with Crippen LogP contribution in [-0.4, -0.2) is 39.3 Å². The van der Waals surface area contributed by atoms with E-state index in [0.29, 0.717) is 29.5 Å². The van der Waals surface area contributed by atoms with Crippen molar-refractivity contribution in [3.8, 4) is 5.88 Å². The highest BCUT2D eigenvalue weighted by Crippen LogP contribution is 2.38. The van der Waals surface area contributed by atoms with Crippen molar-refractivity contribution in [3.63, 3.8) is 0 Å². The largest absolute Gasteiger partial charge is 0.479 e. The summed E-state index contributed by atoms with van der Waals surface area (Å²) in [5, 5.41) is 0. The van der Waals surface area contributed by atoms with Crippen LogP contribution < -0.4 is 10.5 Å². The summed E-state index contributed by atoms with van der Waals surface area (Å²) in [5.41, 5.74) is 7.33. The van der Waals surface area contributed by atoms with Gasteiger partial charge in [0, 0.05) is 12.6 Å². The number of imidazole rings is 1. The molecule has 0 spiro atoms. The third-order valence-electron chi connectivity index (χ3n) is 3.50. The minimum absolute atomic E-state index is 0.293. The van der Waals surface area contributed by atoms with Gasteiger partial charge in [-0.2, -0.15) is 4.98 Å². The highest BCUT2D eigenvalue weighted by Gasteiger charge is 2.34. The average Bonchev–Trinajstić information content (AvgIpc) is 2.69. The van der Waals surface area contributed by atoms with E-state index < -0.39 is 0 Å². The molecule has 0 amide bonds. The molecule has 19 heavy (non-hydrogen) atoms. The maximum atomic E-state index is 5.99. The number of fused-ring (bicyclic) bond motifs is 1. The van der Waals surface area contributed by atoms with Gasteiger partial charge < -0.3 is 15.2 Å². The first-order valence-corrected chi connectivity index (χ1v) is 6.38. The van der Waals surface area contributed by atoms with Gasteiger partial charge in [-0.05, 0) is 19.8 Å². The van der Waals surface area contributed by atoms with Crippen LogP contribution in [-0.2, 0) is 4.74 Å². The Hall–Kier alpha value is -1.89. The highest BCUT2D eigenvalue weighted by atomic mass is 16.5. The number of methoxy groups -OCH3 is 1. The van der Waals surface area contributed by atoms with E-state index in [2.05, 4.69) is 15.0 Å². The Morgan fingerprint density at radius 3 is 2.89 bits per heavy atom. The molecule has 0 bridgehead atoms. The van der Waals surface area contributed by atoms with E-state index in [0.717, 1.165) is 25.1 Å². The van der Waals surface area contributed by atoms with Crippen molar-refractivity contribution in [2.24, 2.45) is 0 Å². The van der Waals surface area contributed by atoms with Gasteiger partial charge in [0.1, 0.15) is 6.33 Å². The standard InChI is InChI=1S/C12H17N5O2/c1-3-19-8-4-7(5-8)17-10-9(16-12(17)13)11(18-2)15-6-14-10/h6-8H,3-5H2,1-2H3,(H2,13,16). The lowest BCUT2D eigenvalue weighted by atomic mass is 9.89. The number of hydrogen-bond donors (Lipinski definition) is 1. The van der Waals surface area contributed by atoms with Gasteiger partial charge in [-0.3, -0.25) is 4.57 Å². The van der Waals surface area contributed by atoms with Crippen LogP contribution in [0.3, 0.4) is 0 Å². The summed E-state index contributed by atoms with van der Waals surface area (Å²) in [5.74, 6) is 0.907. The van der Waals surface area contributed by atoms with Crippen molar-refractivity contribution >= 4 is 17.1 Å². The monoisotopic (exact) mass is 263 g/mol. The molecule has 0 unspecified atom stereocenters. The molecule has 0 atom stereocenters. The predicted octanol–water partition coefficient (Wildman–Crippen LogP) is 1.16. The van der Waals surface area contributed by atoms with Crippen molar-refractivity contribution in [1.29, 1.82) is 0 Å². The molecule has 2 aromatic heterocycles. The molecule has 2 heterocycles. The number of anilines is 1. The second-order valence-electron chi connectivity index (χ2n) is 4.60. The zero-order valence-electron chi connectivity index (χ0n) is 11.0. The van der Waals surface area contributed by atoms with Gasteiger partial charge in [0.25, 0.3) is 0 Å². The molecule has 3 rings (SSSR count). The van der Waals surface area contributed by atoms with Crippen LogP contribution in [0.4, 0.5) is 5.95 Å². The van der Waals surface area contributed by atoms with Crippen molar-refractivity contribution < 1.29 is 9.47 Å². The molecule has 1 fully saturated rings. The number of nitrogens with two attached hydrogens (primary N) is 1. The molecule has 2 aromatic rings. The summed E-state index contributed by atoms with van der Waals surface area (Å²) in [4.78, 5) is 12.6. The molecule has 7 heteroatoms. The van der Waals surface area contributed by atoms with Crippen molar-refractivity contribution in [1.82, 2.24) is 19.5 Å². The molecule has 0 saturated heterocycles. The van der Waals surface area contributed by atoms with Gasteiger partial charge in [0.15, 0.2) is 11.2 Å². The summed E-state index contributed by atoms with van der Waals surface area (Å²) >= 11 is 0. The summed E-state index contributed by atoms with van der Waals surface area (Å²) in [7, 11) is 1.56. The topological polar surface area (TPSA) is 88.1 Å². The van der Waals surface area contributed by atoms with Crippen LogP contribution in [0, 0.1) is 0 Å². The number of ether oxygens (including phenoxy) is 2. The second kappa shape index (κ2) is 4.65. The van der Waals surface area contributed by atoms with Crippen molar-refractivity contribution in [3.05, 3.63) is 6.33 Å². The Bertz CT molecular complexity index is 591. The number of rotatable bonds is 4. The number of aromatic nitrogens is 4. The van der Waals surface area contributed by atoms with E-state index in [1.54, 1.807) is 7.11 Å². The Balaban J connectivity index is 1.94. The van der Waals surface area contributed by atoms with Crippen molar-refractivity contribution in [2.75, 3.05) is 19.5 Å². The fraction of sp³-hybridized carbons (Fsp3) is 0.583. The number of nitrogen functional groups attached to an aromatic ring is 1. The van der Waals surface area contributed by atoms with E-state index in [4.69, 9.17) is 15.2 Å². The molecule has 102 valence electrons. The van der Waals surface area contributed by atoms with Crippen LogP contribution in [0.2, 0.25) is 0 Å². The number of hydrogen-bond acceptors (Lipinski definition) is 6. The van der Waals surface area contributed by atoms with E-state index >= 15 is 0 Å². The maximum absolute atomic E-state index is 5.99. The fourth-order valence-corrected chi connectivity index (χ4v) is 2.53. The third kappa shape index (κ3) is 1.90. The van der Waals surface area contributed by atoms with Gasteiger partial charge in [-0.15, -0.1) is 0 Å². The quantitative estimate of drug-likeness (QED) is 0.890. The van der Waals surface area contributed by atoms with Gasteiger partial charge >= 0.3 is 0 Å². The first-order valence-electron chi connectivity index (χ1n) is 6.38. The Morgan fingerprint density at radius 2 is 2.21 bits per heavy atom. The Labute approximate surface area is 110 Å². The predicted molar refractivity (Wildman–Crippen MR) is 70.0 cm³/mol. The van der Waals surface area contributed by atoms with E-state index in [-0.39, 0.29) is 0 Å². The van der Waals surface area contributed by atoms with Crippen molar-refractivity contribution in [2.45, 2.75) is 31.9 Å². The molecule has 2 N–H and O–H groups in total. The third-order valence-corrected chi connectivity index (χ3v) is 3.50. The summed E-state index contributed by atoms with van der Waals surface area (Å²) in [6.07, 6.45) is 3.67. The highest BCUT2D eigenvalue weighted by molar-refractivity contribution is 5.79. The lowest BCUT2D eigenvalue weighted by Gasteiger charge is -2.36. The maximum Gasteiger partial charge on any atom is 0.245 e.